The van der Waals surface area contributed by atoms with Gasteiger partial charge in [-0.25, -0.2) is 0 Å². The van der Waals surface area contributed by atoms with Gasteiger partial charge in [0.25, 0.3) is 0 Å². The lowest BCUT2D eigenvalue weighted by Crippen LogP contribution is -2.26. The maximum absolute atomic E-state index is 11.6. The van der Waals surface area contributed by atoms with E-state index in [9.17, 15) is 9.90 Å². The smallest absolute Gasteiger partial charge is 0.217 e. The number of Topliss-reactive ketones (excluding diaryl/α,β-unsaturated/α-hetero) is 1. The van der Waals surface area contributed by atoms with Crippen molar-refractivity contribution in [3.8, 4) is 0 Å². The Morgan fingerprint density at radius 2 is 1.76 bits per heavy atom. The number of aryl methyl sites for hydroxylation is 1. The molecule has 1 aromatic rings. The van der Waals surface area contributed by atoms with Crippen LogP contribution in [-0.2, 0) is 14.3 Å². The lowest BCUT2D eigenvalue weighted by Gasteiger charge is -2.15. The molecule has 0 saturated carbocycles. The van der Waals surface area contributed by atoms with E-state index in [-0.39, 0.29) is 12.2 Å². The quantitative estimate of drug-likeness (QED) is 0.765. The Morgan fingerprint density at radius 3 is 2.24 bits per heavy atom. The average Bonchev–Trinajstić information content (AvgIpc) is 2.31. The highest BCUT2D eigenvalue weighted by molar-refractivity contribution is 5.82. The Labute approximate surface area is 101 Å². The van der Waals surface area contributed by atoms with Crippen LogP contribution in [0.4, 0.5) is 0 Å². The van der Waals surface area contributed by atoms with Crippen molar-refractivity contribution in [1.29, 1.82) is 0 Å². The van der Waals surface area contributed by atoms with Crippen molar-refractivity contribution in [1.82, 2.24) is 0 Å². The normalized spacial score (nSPS) is 12.8. The lowest BCUT2D eigenvalue weighted by atomic mass is 10.0. The third-order valence-electron chi connectivity index (χ3n) is 2.55. The van der Waals surface area contributed by atoms with Crippen molar-refractivity contribution in [2.45, 2.75) is 25.7 Å². The fourth-order valence-electron chi connectivity index (χ4n) is 1.55. The molecule has 1 aromatic carbocycles. The summed E-state index contributed by atoms with van der Waals surface area (Å²) in [6.45, 7) is 1.97. The molecule has 0 aliphatic rings. The van der Waals surface area contributed by atoms with Gasteiger partial charge in [-0.05, 0) is 12.5 Å². The van der Waals surface area contributed by atoms with Gasteiger partial charge in [0.15, 0.2) is 5.78 Å². The summed E-state index contributed by atoms with van der Waals surface area (Å²) < 4.78 is 9.67. The SMILES string of the molecule is COC(OC)C(=O)CC(O)c1ccc(C)cc1. The highest BCUT2D eigenvalue weighted by Gasteiger charge is 2.21. The first kappa shape index (κ1) is 13.8. The molecule has 1 N–H and O–H groups in total. The van der Waals surface area contributed by atoms with Crippen LogP contribution in [0.3, 0.4) is 0 Å². The molecule has 1 unspecified atom stereocenters. The second-order valence-corrected chi connectivity index (χ2v) is 3.90. The van der Waals surface area contributed by atoms with Crippen molar-refractivity contribution < 1.29 is 19.4 Å². The summed E-state index contributed by atoms with van der Waals surface area (Å²) in [5.41, 5.74) is 1.83. The molecular weight excluding hydrogens is 220 g/mol. The highest BCUT2D eigenvalue weighted by atomic mass is 16.7. The predicted molar refractivity (Wildman–Crippen MR) is 63.6 cm³/mol. The van der Waals surface area contributed by atoms with Gasteiger partial charge < -0.3 is 14.6 Å². The van der Waals surface area contributed by atoms with E-state index in [1.165, 1.54) is 14.2 Å². The van der Waals surface area contributed by atoms with Crippen molar-refractivity contribution in [2.75, 3.05) is 14.2 Å². The van der Waals surface area contributed by atoms with E-state index >= 15 is 0 Å². The Balaban J connectivity index is 2.62. The van der Waals surface area contributed by atoms with Crippen molar-refractivity contribution in [2.24, 2.45) is 0 Å². The molecule has 0 aromatic heterocycles. The van der Waals surface area contributed by atoms with Crippen LogP contribution in [0.1, 0.15) is 23.7 Å². The van der Waals surface area contributed by atoms with E-state index in [0.717, 1.165) is 11.1 Å². The van der Waals surface area contributed by atoms with Crippen LogP contribution < -0.4 is 0 Å². The van der Waals surface area contributed by atoms with Gasteiger partial charge in [0.2, 0.25) is 6.29 Å². The zero-order valence-corrected chi connectivity index (χ0v) is 10.3. The second kappa shape index (κ2) is 6.49. The van der Waals surface area contributed by atoms with Gasteiger partial charge in [0.1, 0.15) is 0 Å². The molecule has 0 aliphatic heterocycles. The molecule has 94 valence electrons. The van der Waals surface area contributed by atoms with Gasteiger partial charge >= 0.3 is 0 Å². The number of methoxy groups -OCH3 is 2. The van der Waals surface area contributed by atoms with E-state index in [2.05, 4.69) is 0 Å². The number of rotatable bonds is 6. The van der Waals surface area contributed by atoms with Gasteiger partial charge in [-0.3, -0.25) is 4.79 Å². The number of aliphatic hydroxyl groups is 1. The van der Waals surface area contributed by atoms with Gasteiger partial charge in [-0.2, -0.15) is 0 Å². The number of carbonyl (C=O) groups excluding carboxylic acids is 1. The zero-order valence-electron chi connectivity index (χ0n) is 10.3. The van der Waals surface area contributed by atoms with Crippen molar-refractivity contribution in [3.63, 3.8) is 0 Å². The van der Waals surface area contributed by atoms with Crippen LogP contribution in [-0.4, -0.2) is 31.4 Å². The van der Waals surface area contributed by atoms with E-state index in [0.29, 0.717) is 0 Å². The number of ether oxygens (including phenoxy) is 2. The minimum absolute atomic E-state index is 0.0184. The maximum Gasteiger partial charge on any atom is 0.217 e. The van der Waals surface area contributed by atoms with Gasteiger partial charge in [-0.1, -0.05) is 29.8 Å². The molecule has 0 radical (unpaired) electrons. The summed E-state index contributed by atoms with van der Waals surface area (Å²) in [6, 6.07) is 7.41. The van der Waals surface area contributed by atoms with E-state index < -0.39 is 12.4 Å². The number of aliphatic hydroxyl groups excluding tert-OH is 1. The first-order chi connectivity index (χ1) is 8.08. The molecule has 17 heavy (non-hydrogen) atoms. The molecular formula is C13H18O4. The topological polar surface area (TPSA) is 55.8 Å². The average molecular weight is 238 g/mol. The summed E-state index contributed by atoms with van der Waals surface area (Å²) in [5, 5.41) is 9.89. The number of hydrogen-bond donors (Lipinski definition) is 1. The molecule has 0 saturated heterocycles. The zero-order chi connectivity index (χ0) is 12.8. The minimum Gasteiger partial charge on any atom is -0.388 e. The Morgan fingerprint density at radius 1 is 1.24 bits per heavy atom. The molecule has 0 bridgehead atoms. The standard InChI is InChI=1S/C13H18O4/c1-9-4-6-10(7-5-9)11(14)8-12(15)13(16-2)17-3/h4-7,11,13-14H,8H2,1-3H3. The molecule has 0 spiro atoms. The Bertz CT molecular complexity index is 354. The van der Waals surface area contributed by atoms with Gasteiger partial charge in [0.05, 0.1) is 6.10 Å². The summed E-state index contributed by atoms with van der Waals surface area (Å²) in [6.07, 6.45) is -1.75. The van der Waals surface area contributed by atoms with E-state index in [1.807, 2.05) is 31.2 Å². The molecule has 1 atom stereocenters. The third kappa shape index (κ3) is 3.93. The fraction of sp³-hybridized carbons (Fsp3) is 0.462. The van der Waals surface area contributed by atoms with Gasteiger partial charge in [0, 0.05) is 20.6 Å². The predicted octanol–water partition coefficient (Wildman–Crippen LogP) is 1.61. The number of benzene rings is 1. The summed E-state index contributed by atoms with van der Waals surface area (Å²) in [5.74, 6) is -0.275. The molecule has 0 fully saturated rings. The Kier molecular flexibility index (Phi) is 5.28. The summed E-state index contributed by atoms with van der Waals surface area (Å²) in [7, 11) is 2.79. The first-order valence-electron chi connectivity index (χ1n) is 5.41. The largest absolute Gasteiger partial charge is 0.388 e. The fourth-order valence-corrected chi connectivity index (χ4v) is 1.55. The second-order valence-electron chi connectivity index (χ2n) is 3.90. The van der Waals surface area contributed by atoms with Crippen LogP contribution in [0, 0.1) is 6.92 Å². The number of ketones is 1. The van der Waals surface area contributed by atoms with Crippen LogP contribution in [0.25, 0.3) is 0 Å². The van der Waals surface area contributed by atoms with Crippen LogP contribution in [0.2, 0.25) is 0 Å². The monoisotopic (exact) mass is 238 g/mol. The molecule has 1 rings (SSSR count). The lowest BCUT2D eigenvalue weighted by molar-refractivity contribution is -0.158. The van der Waals surface area contributed by atoms with Crippen molar-refractivity contribution >= 4 is 5.78 Å². The third-order valence-corrected chi connectivity index (χ3v) is 2.55. The first-order valence-corrected chi connectivity index (χ1v) is 5.41. The van der Waals surface area contributed by atoms with Crippen LogP contribution >= 0.6 is 0 Å². The van der Waals surface area contributed by atoms with Crippen LogP contribution in [0.5, 0.6) is 0 Å². The van der Waals surface area contributed by atoms with Crippen molar-refractivity contribution in [3.05, 3.63) is 35.4 Å². The van der Waals surface area contributed by atoms with Gasteiger partial charge in [-0.15, -0.1) is 0 Å². The number of hydrogen-bond acceptors (Lipinski definition) is 4. The van der Waals surface area contributed by atoms with E-state index in [4.69, 9.17) is 9.47 Å². The highest BCUT2D eigenvalue weighted by Crippen LogP contribution is 2.18. The Hall–Kier alpha value is -1.23. The molecule has 0 heterocycles. The molecule has 4 nitrogen and oxygen atoms in total. The maximum atomic E-state index is 11.6. The van der Waals surface area contributed by atoms with E-state index in [1.54, 1.807) is 0 Å². The summed E-state index contributed by atoms with van der Waals surface area (Å²) in [4.78, 5) is 11.6. The van der Waals surface area contributed by atoms with Crippen LogP contribution in [0.15, 0.2) is 24.3 Å². The summed E-state index contributed by atoms with van der Waals surface area (Å²) >= 11 is 0. The molecule has 0 aliphatic carbocycles. The number of carbonyl (C=O) groups is 1. The molecule has 4 heteroatoms. The molecule has 0 amide bonds. The minimum atomic E-state index is -0.907.